The molecule has 1 aromatic heterocycles. The minimum absolute atomic E-state index is 0.0917. The van der Waals surface area contributed by atoms with E-state index in [1.807, 2.05) is 48.7 Å². The number of nitrogens with one attached hydrogen (secondary N) is 1. The lowest BCUT2D eigenvalue weighted by molar-refractivity contribution is -0.137. The molecule has 0 radical (unpaired) electrons. The van der Waals surface area contributed by atoms with Gasteiger partial charge in [0.25, 0.3) is 0 Å². The van der Waals surface area contributed by atoms with E-state index in [1.165, 1.54) is 17.0 Å². The van der Waals surface area contributed by atoms with Crippen molar-refractivity contribution < 1.29 is 22.8 Å². The van der Waals surface area contributed by atoms with E-state index in [2.05, 4.69) is 5.32 Å². The van der Waals surface area contributed by atoms with Gasteiger partial charge in [0.15, 0.2) is 0 Å². The van der Waals surface area contributed by atoms with Crippen molar-refractivity contribution in [1.29, 1.82) is 0 Å². The molecular formula is C23H29F3N4O2. The molecule has 1 fully saturated rings. The van der Waals surface area contributed by atoms with Gasteiger partial charge < -0.3 is 19.7 Å². The molecule has 3 amide bonds. The number of anilines is 1. The summed E-state index contributed by atoms with van der Waals surface area (Å²) in [4.78, 5) is 29.2. The quantitative estimate of drug-likeness (QED) is 0.633. The van der Waals surface area contributed by atoms with Crippen molar-refractivity contribution in [3.05, 3.63) is 53.9 Å². The first kappa shape index (κ1) is 23.7. The molecule has 1 aliphatic rings. The Morgan fingerprint density at radius 2 is 1.81 bits per heavy atom. The molecule has 32 heavy (non-hydrogen) atoms. The summed E-state index contributed by atoms with van der Waals surface area (Å²) in [5.74, 6) is -0.0275. The van der Waals surface area contributed by atoms with E-state index >= 15 is 0 Å². The molecule has 6 nitrogen and oxygen atoms in total. The van der Waals surface area contributed by atoms with Crippen LogP contribution in [0.25, 0.3) is 0 Å². The molecule has 0 aliphatic heterocycles. The van der Waals surface area contributed by atoms with Crippen molar-refractivity contribution in [3.63, 3.8) is 0 Å². The highest BCUT2D eigenvalue weighted by atomic mass is 19.4. The predicted molar refractivity (Wildman–Crippen MR) is 116 cm³/mol. The smallest absolute Gasteiger partial charge is 0.353 e. The van der Waals surface area contributed by atoms with E-state index in [9.17, 15) is 22.8 Å². The number of hydrogen-bond donors (Lipinski definition) is 1. The fourth-order valence-electron chi connectivity index (χ4n) is 3.50. The van der Waals surface area contributed by atoms with Gasteiger partial charge in [-0.25, -0.2) is 4.79 Å². The third-order valence-electron chi connectivity index (χ3n) is 5.35. The molecule has 1 heterocycles. The van der Waals surface area contributed by atoms with Crippen molar-refractivity contribution in [2.24, 2.45) is 13.0 Å². The zero-order valence-electron chi connectivity index (χ0n) is 18.5. The van der Waals surface area contributed by atoms with E-state index in [4.69, 9.17) is 0 Å². The maximum atomic E-state index is 13.1. The summed E-state index contributed by atoms with van der Waals surface area (Å²) >= 11 is 0. The lowest BCUT2D eigenvalue weighted by Gasteiger charge is -2.29. The van der Waals surface area contributed by atoms with E-state index in [-0.39, 0.29) is 30.1 Å². The number of carbonyl (C=O) groups is 2. The second kappa shape index (κ2) is 9.67. The summed E-state index contributed by atoms with van der Waals surface area (Å²) in [6.45, 7) is 4.60. The fourth-order valence-corrected chi connectivity index (χ4v) is 3.50. The number of aromatic nitrogens is 1. The van der Waals surface area contributed by atoms with Crippen LogP contribution in [-0.4, -0.2) is 45.4 Å². The van der Waals surface area contributed by atoms with Gasteiger partial charge >= 0.3 is 12.2 Å². The van der Waals surface area contributed by atoms with Gasteiger partial charge in [0.1, 0.15) is 6.54 Å². The number of aryl methyl sites for hydroxylation is 1. The van der Waals surface area contributed by atoms with E-state index in [0.29, 0.717) is 13.1 Å². The zero-order chi connectivity index (χ0) is 23.5. The molecule has 1 aromatic carbocycles. The number of hydrogen-bond acceptors (Lipinski definition) is 2. The first-order valence-electron chi connectivity index (χ1n) is 10.7. The monoisotopic (exact) mass is 450 g/mol. The molecule has 9 heteroatoms. The van der Waals surface area contributed by atoms with Crippen molar-refractivity contribution in [3.8, 4) is 0 Å². The molecule has 1 aliphatic carbocycles. The average Bonchev–Trinajstić information content (AvgIpc) is 3.46. The maximum Gasteiger partial charge on any atom is 0.416 e. The van der Waals surface area contributed by atoms with Crippen LogP contribution in [0.15, 0.2) is 42.6 Å². The maximum absolute atomic E-state index is 13.1. The van der Waals surface area contributed by atoms with Gasteiger partial charge in [0, 0.05) is 37.2 Å². The number of carbonyl (C=O) groups excluding carboxylic acids is 2. The Morgan fingerprint density at radius 3 is 2.31 bits per heavy atom. The van der Waals surface area contributed by atoms with Crippen LogP contribution in [0.3, 0.4) is 0 Å². The molecular weight excluding hydrogens is 421 g/mol. The molecule has 0 atom stereocenters. The largest absolute Gasteiger partial charge is 0.416 e. The highest BCUT2D eigenvalue weighted by Crippen LogP contribution is 2.30. The highest BCUT2D eigenvalue weighted by molar-refractivity contribution is 5.92. The molecule has 0 saturated heterocycles. The number of amides is 3. The minimum Gasteiger partial charge on any atom is -0.353 e. The topological polar surface area (TPSA) is 57.6 Å². The summed E-state index contributed by atoms with van der Waals surface area (Å²) in [5.41, 5.74) is 0.465. The Labute approximate surface area is 186 Å². The first-order valence-corrected chi connectivity index (χ1v) is 10.7. The van der Waals surface area contributed by atoms with Gasteiger partial charge in [-0.15, -0.1) is 0 Å². The number of nitrogens with zero attached hydrogens (tertiary/aromatic N) is 3. The van der Waals surface area contributed by atoms with Crippen molar-refractivity contribution in [1.82, 2.24) is 14.4 Å². The number of rotatable bonds is 8. The summed E-state index contributed by atoms with van der Waals surface area (Å²) < 4.78 is 40.3. The minimum atomic E-state index is -4.44. The van der Waals surface area contributed by atoms with Crippen LogP contribution in [0, 0.1) is 5.92 Å². The van der Waals surface area contributed by atoms with Crippen LogP contribution in [0.5, 0.6) is 0 Å². The SMILES string of the molecule is CC(C)CN(CC(=O)N(Cc1cccn1C)C1CC1)C(=O)Nc1ccc(C(F)(F)F)cc1. The highest BCUT2D eigenvalue weighted by Gasteiger charge is 2.34. The summed E-state index contributed by atoms with van der Waals surface area (Å²) in [6.07, 6.45) is -0.632. The van der Waals surface area contributed by atoms with E-state index in [0.717, 1.165) is 30.7 Å². The standard InChI is InChI=1S/C23H29F3N4O2/c1-16(2)13-29(22(32)27-18-8-6-17(7-9-18)23(24,25)26)15-21(31)30(19-10-11-19)14-20-5-4-12-28(20)3/h4-9,12,16,19H,10-11,13-15H2,1-3H3,(H,27,32). The Kier molecular flexibility index (Phi) is 7.16. The van der Waals surface area contributed by atoms with Crippen LogP contribution in [0.4, 0.5) is 23.7 Å². The Balaban J connectivity index is 1.68. The number of urea groups is 1. The van der Waals surface area contributed by atoms with Crippen LogP contribution in [0.1, 0.15) is 37.9 Å². The van der Waals surface area contributed by atoms with Gasteiger partial charge in [0.05, 0.1) is 12.1 Å². The van der Waals surface area contributed by atoms with Gasteiger partial charge in [0.2, 0.25) is 5.91 Å². The molecule has 0 bridgehead atoms. The van der Waals surface area contributed by atoms with Crippen molar-refractivity contribution in [2.75, 3.05) is 18.4 Å². The van der Waals surface area contributed by atoms with E-state index < -0.39 is 17.8 Å². The molecule has 0 spiro atoms. The molecule has 1 N–H and O–H groups in total. The molecule has 2 aromatic rings. The van der Waals surface area contributed by atoms with Crippen molar-refractivity contribution in [2.45, 2.75) is 45.5 Å². The lowest BCUT2D eigenvalue weighted by Crippen LogP contribution is -2.46. The van der Waals surface area contributed by atoms with Crippen LogP contribution in [0.2, 0.25) is 0 Å². The second-order valence-electron chi connectivity index (χ2n) is 8.64. The second-order valence-corrected chi connectivity index (χ2v) is 8.64. The van der Waals surface area contributed by atoms with Crippen molar-refractivity contribution >= 4 is 17.6 Å². The summed E-state index contributed by atoms with van der Waals surface area (Å²) in [5, 5.41) is 2.61. The third kappa shape index (κ3) is 6.27. The lowest BCUT2D eigenvalue weighted by atomic mass is 10.2. The normalized spacial score (nSPS) is 13.8. The number of benzene rings is 1. The Hall–Kier alpha value is -2.97. The van der Waals surface area contributed by atoms with Gasteiger partial charge in [-0.05, 0) is 55.2 Å². The Bertz CT molecular complexity index is 933. The first-order chi connectivity index (χ1) is 15.0. The number of halogens is 3. The van der Waals surface area contributed by atoms with E-state index in [1.54, 1.807) is 0 Å². The third-order valence-corrected chi connectivity index (χ3v) is 5.35. The zero-order valence-corrected chi connectivity index (χ0v) is 18.5. The van der Waals surface area contributed by atoms with Gasteiger partial charge in [-0.3, -0.25) is 4.79 Å². The van der Waals surface area contributed by atoms with Crippen LogP contribution in [-0.2, 0) is 24.6 Å². The van der Waals surface area contributed by atoms with Gasteiger partial charge in [-0.2, -0.15) is 13.2 Å². The average molecular weight is 451 g/mol. The summed E-state index contributed by atoms with van der Waals surface area (Å²) in [6, 6.07) is 7.81. The van der Waals surface area contributed by atoms with Crippen LogP contribution >= 0.6 is 0 Å². The molecule has 3 rings (SSSR count). The predicted octanol–water partition coefficient (Wildman–Crippen LogP) is 4.73. The Morgan fingerprint density at radius 1 is 1.16 bits per heavy atom. The fraction of sp³-hybridized carbons (Fsp3) is 0.478. The molecule has 1 saturated carbocycles. The van der Waals surface area contributed by atoms with Crippen LogP contribution < -0.4 is 5.32 Å². The molecule has 0 unspecified atom stereocenters. The summed E-state index contributed by atoms with van der Waals surface area (Å²) in [7, 11) is 1.92. The number of alkyl halides is 3. The van der Waals surface area contributed by atoms with Gasteiger partial charge in [-0.1, -0.05) is 13.8 Å². The molecule has 174 valence electrons.